The average Bonchev–Trinajstić information content (AvgIpc) is 3.05. The fourth-order valence-electron chi connectivity index (χ4n) is 3.58. The van der Waals surface area contributed by atoms with Gasteiger partial charge in [0.25, 0.3) is 5.91 Å². The lowest BCUT2D eigenvalue weighted by atomic mass is 10.1. The Bertz CT molecular complexity index is 804. The number of aromatic nitrogens is 1. The van der Waals surface area contributed by atoms with Gasteiger partial charge in [-0.05, 0) is 57.5 Å². The molecule has 3 heterocycles. The van der Waals surface area contributed by atoms with Crippen LogP contribution in [0.5, 0.6) is 0 Å². The molecule has 1 atom stereocenters. The number of hydrogen-bond donors (Lipinski definition) is 1. The van der Waals surface area contributed by atoms with Crippen LogP contribution in [-0.4, -0.2) is 64.5 Å². The third kappa shape index (κ3) is 4.54. The van der Waals surface area contributed by atoms with Gasteiger partial charge in [-0.15, -0.1) is 0 Å². The van der Waals surface area contributed by atoms with Crippen molar-refractivity contribution in [2.75, 3.05) is 26.7 Å². The van der Waals surface area contributed by atoms with Crippen molar-refractivity contribution in [1.82, 2.24) is 14.8 Å². The standard InChI is InChI=1S/C20H25N3O4/c1-14-16(7-8-17(21-14)18-6-4-12-27-18)20(26)23-10-3-5-15(9-11-23)22(2)13-19(24)25/h4,6-8,12,15H,3,5,9-11,13H2,1-2H3,(H,24,25). The van der Waals surface area contributed by atoms with Crippen molar-refractivity contribution < 1.29 is 19.1 Å². The Morgan fingerprint density at radius 1 is 1.30 bits per heavy atom. The summed E-state index contributed by atoms with van der Waals surface area (Å²) in [6, 6.07) is 7.44. The summed E-state index contributed by atoms with van der Waals surface area (Å²) >= 11 is 0. The number of pyridine rings is 1. The number of rotatable bonds is 5. The van der Waals surface area contributed by atoms with Crippen LogP contribution in [0.25, 0.3) is 11.5 Å². The van der Waals surface area contributed by atoms with Gasteiger partial charge in [-0.1, -0.05) is 0 Å². The van der Waals surface area contributed by atoms with E-state index in [-0.39, 0.29) is 18.5 Å². The lowest BCUT2D eigenvalue weighted by molar-refractivity contribution is -0.138. The first-order valence-corrected chi connectivity index (χ1v) is 9.18. The summed E-state index contributed by atoms with van der Waals surface area (Å²) in [6.07, 6.45) is 4.12. The highest BCUT2D eigenvalue weighted by Crippen LogP contribution is 2.22. The quantitative estimate of drug-likeness (QED) is 0.869. The first-order chi connectivity index (χ1) is 13.0. The number of nitrogens with zero attached hydrogens (tertiary/aromatic N) is 3. The predicted octanol–water partition coefficient (Wildman–Crippen LogP) is 2.66. The van der Waals surface area contributed by atoms with Crippen LogP contribution in [-0.2, 0) is 4.79 Å². The molecule has 0 saturated carbocycles. The van der Waals surface area contributed by atoms with Crippen LogP contribution in [0.4, 0.5) is 0 Å². The molecule has 1 aliphatic heterocycles. The molecule has 0 aromatic carbocycles. The SMILES string of the molecule is Cc1nc(-c2ccco2)ccc1C(=O)N1CCCC(N(C)CC(=O)O)CC1. The summed E-state index contributed by atoms with van der Waals surface area (Å²) in [4.78, 5) is 32.1. The summed E-state index contributed by atoms with van der Waals surface area (Å²) in [5.41, 5.74) is 1.99. The Kier molecular flexibility index (Phi) is 5.91. The lowest BCUT2D eigenvalue weighted by Crippen LogP contribution is -2.37. The van der Waals surface area contributed by atoms with E-state index in [1.165, 1.54) is 0 Å². The van der Waals surface area contributed by atoms with E-state index < -0.39 is 5.97 Å². The minimum Gasteiger partial charge on any atom is -0.480 e. The average molecular weight is 371 g/mol. The topological polar surface area (TPSA) is 86.9 Å². The summed E-state index contributed by atoms with van der Waals surface area (Å²) in [7, 11) is 1.83. The van der Waals surface area contributed by atoms with E-state index in [4.69, 9.17) is 9.52 Å². The van der Waals surface area contributed by atoms with Gasteiger partial charge in [0.1, 0.15) is 5.69 Å². The molecule has 1 unspecified atom stereocenters. The Balaban J connectivity index is 1.68. The number of likely N-dealkylation sites (N-methyl/N-ethyl adjacent to an activating group) is 1. The number of aryl methyl sites for hydroxylation is 1. The highest BCUT2D eigenvalue weighted by atomic mass is 16.4. The molecule has 1 saturated heterocycles. The zero-order chi connectivity index (χ0) is 19.4. The molecular formula is C20H25N3O4. The molecule has 27 heavy (non-hydrogen) atoms. The smallest absolute Gasteiger partial charge is 0.317 e. The molecule has 2 aromatic heterocycles. The number of aliphatic carboxylic acids is 1. The Morgan fingerprint density at radius 3 is 2.78 bits per heavy atom. The molecule has 3 rings (SSSR count). The number of hydrogen-bond acceptors (Lipinski definition) is 5. The zero-order valence-corrected chi connectivity index (χ0v) is 15.7. The third-order valence-electron chi connectivity index (χ3n) is 5.08. The molecular weight excluding hydrogens is 346 g/mol. The van der Waals surface area contributed by atoms with Gasteiger partial charge in [0.05, 0.1) is 24.1 Å². The van der Waals surface area contributed by atoms with Gasteiger partial charge in [0.15, 0.2) is 5.76 Å². The largest absolute Gasteiger partial charge is 0.480 e. The maximum absolute atomic E-state index is 13.0. The van der Waals surface area contributed by atoms with E-state index >= 15 is 0 Å². The van der Waals surface area contributed by atoms with Gasteiger partial charge < -0.3 is 14.4 Å². The molecule has 1 N–H and O–H groups in total. The summed E-state index contributed by atoms with van der Waals surface area (Å²) in [5, 5.41) is 8.98. The normalized spacial score (nSPS) is 17.7. The second-order valence-electron chi connectivity index (χ2n) is 6.99. The number of carbonyl (C=O) groups excluding carboxylic acids is 1. The van der Waals surface area contributed by atoms with Crippen LogP contribution in [0.3, 0.4) is 0 Å². The second-order valence-corrected chi connectivity index (χ2v) is 6.99. The first kappa shape index (κ1) is 19.1. The number of furan rings is 1. The van der Waals surface area contributed by atoms with Crippen molar-refractivity contribution >= 4 is 11.9 Å². The van der Waals surface area contributed by atoms with Gasteiger partial charge >= 0.3 is 5.97 Å². The maximum Gasteiger partial charge on any atom is 0.317 e. The van der Waals surface area contributed by atoms with Gasteiger partial charge in [-0.2, -0.15) is 0 Å². The summed E-state index contributed by atoms with van der Waals surface area (Å²) < 4.78 is 5.37. The van der Waals surface area contributed by atoms with E-state index in [1.54, 1.807) is 24.5 Å². The Labute approximate surface area is 158 Å². The number of amides is 1. The molecule has 7 heteroatoms. The van der Waals surface area contributed by atoms with Crippen LogP contribution in [0.1, 0.15) is 35.3 Å². The molecule has 2 aromatic rings. The molecule has 144 valence electrons. The van der Waals surface area contributed by atoms with Crippen LogP contribution < -0.4 is 0 Å². The fraction of sp³-hybridized carbons (Fsp3) is 0.450. The van der Waals surface area contributed by atoms with Crippen molar-refractivity contribution in [3.05, 3.63) is 41.8 Å². The summed E-state index contributed by atoms with van der Waals surface area (Å²) in [6.45, 7) is 3.15. The van der Waals surface area contributed by atoms with E-state index in [1.807, 2.05) is 29.8 Å². The number of likely N-dealkylation sites (tertiary alicyclic amines) is 1. The van der Waals surface area contributed by atoms with Crippen LogP contribution >= 0.6 is 0 Å². The molecule has 7 nitrogen and oxygen atoms in total. The predicted molar refractivity (Wildman–Crippen MR) is 100 cm³/mol. The number of carbonyl (C=O) groups is 2. The van der Waals surface area contributed by atoms with E-state index in [0.29, 0.717) is 35.8 Å². The molecule has 1 amide bonds. The lowest BCUT2D eigenvalue weighted by Gasteiger charge is -2.25. The fourth-order valence-corrected chi connectivity index (χ4v) is 3.58. The van der Waals surface area contributed by atoms with Gasteiger partial charge in [-0.3, -0.25) is 14.5 Å². The highest BCUT2D eigenvalue weighted by Gasteiger charge is 2.25. The second kappa shape index (κ2) is 8.35. The minimum absolute atomic E-state index is 0.0208. The zero-order valence-electron chi connectivity index (χ0n) is 15.7. The first-order valence-electron chi connectivity index (χ1n) is 9.18. The highest BCUT2D eigenvalue weighted by molar-refractivity contribution is 5.95. The number of carboxylic acids is 1. The van der Waals surface area contributed by atoms with Crippen molar-refractivity contribution in [1.29, 1.82) is 0 Å². The van der Waals surface area contributed by atoms with E-state index in [0.717, 1.165) is 19.3 Å². The van der Waals surface area contributed by atoms with Crippen LogP contribution in [0.2, 0.25) is 0 Å². The molecule has 0 bridgehead atoms. The van der Waals surface area contributed by atoms with Gasteiger partial charge in [-0.25, -0.2) is 4.98 Å². The summed E-state index contributed by atoms with van der Waals surface area (Å²) in [5.74, 6) is -0.170. The molecule has 0 radical (unpaired) electrons. The van der Waals surface area contributed by atoms with Crippen molar-refractivity contribution in [2.45, 2.75) is 32.2 Å². The van der Waals surface area contributed by atoms with Gasteiger partial charge in [0, 0.05) is 19.1 Å². The van der Waals surface area contributed by atoms with Crippen LogP contribution in [0.15, 0.2) is 34.9 Å². The molecule has 1 fully saturated rings. The van der Waals surface area contributed by atoms with Crippen LogP contribution in [0, 0.1) is 6.92 Å². The van der Waals surface area contributed by atoms with Crippen molar-refractivity contribution in [3.63, 3.8) is 0 Å². The molecule has 0 aliphatic carbocycles. The third-order valence-corrected chi connectivity index (χ3v) is 5.08. The molecule has 0 spiro atoms. The van der Waals surface area contributed by atoms with E-state index in [9.17, 15) is 9.59 Å². The monoisotopic (exact) mass is 371 g/mol. The Hall–Kier alpha value is -2.67. The molecule has 1 aliphatic rings. The van der Waals surface area contributed by atoms with Crippen molar-refractivity contribution in [3.8, 4) is 11.5 Å². The van der Waals surface area contributed by atoms with Crippen molar-refractivity contribution in [2.24, 2.45) is 0 Å². The van der Waals surface area contributed by atoms with E-state index in [2.05, 4.69) is 4.98 Å². The maximum atomic E-state index is 13.0. The Morgan fingerprint density at radius 2 is 2.11 bits per heavy atom. The number of carboxylic acid groups (broad SMARTS) is 1. The van der Waals surface area contributed by atoms with Gasteiger partial charge in [0.2, 0.25) is 0 Å². The minimum atomic E-state index is -0.826.